The Hall–Kier alpha value is -1.58. The molecular formula is C15H20FNO2. The first-order valence-corrected chi connectivity index (χ1v) is 6.92. The topological polar surface area (TPSA) is 29.5 Å². The maximum absolute atomic E-state index is 12.7. The number of hydrogen-bond donors (Lipinski definition) is 0. The van der Waals surface area contributed by atoms with Gasteiger partial charge >= 0.3 is 0 Å². The van der Waals surface area contributed by atoms with Gasteiger partial charge < -0.3 is 9.64 Å². The van der Waals surface area contributed by atoms with E-state index in [4.69, 9.17) is 4.74 Å². The smallest absolute Gasteiger partial charge is 0.222 e. The van der Waals surface area contributed by atoms with Gasteiger partial charge in [-0.25, -0.2) is 4.39 Å². The number of halogens is 1. The Bertz CT molecular complexity index is 399. The molecule has 2 rings (SSSR count). The summed E-state index contributed by atoms with van der Waals surface area (Å²) in [7, 11) is 0. The molecule has 1 aromatic carbocycles. The Morgan fingerprint density at radius 1 is 1.16 bits per heavy atom. The van der Waals surface area contributed by atoms with Crippen LogP contribution in [0.2, 0.25) is 0 Å². The molecule has 3 nitrogen and oxygen atoms in total. The van der Waals surface area contributed by atoms with Crippen LogP contribution in [0.25, 0.3) is 0 Å². The third-order valence-electron chi connectivity index (χ3n) is 3.33. The first kappa shape index (κ1) is 13.8. The molecule has 0 spiro atoms. The van der Waals surface area contributed by atoms with Gasteiger partial charge in [-0.15, -0.1) is 0 Å². The van der Waals surface area contributed by atoms with Crippen LogP contribution in [0.1, 0.15) is 32.1 Å². The highest BCUT2D eigenvalue weighted by molar-refractivity contribution is 5.76. The Morgan fingerprint density at radius 3 is 2.53 bits per heavy atom. The van der Waals surface area contributed by atoms with Gasteiger partial charge in [0, 0.05) is 19.5 Å². The van der Waals surface area contributed by atoms with Crippen LogP contribution in [-0.2, 0) is 4.79 Å². The summed E-state index contributed by atoms with van der Waals surface area (Å²) < 4.78 is 18.1. The molecule has 0 bridgehead atoms. The summed E-state index contributed by atoms with van der Waals surface area (Å²) >= 11 is 0. The van der Waals surface area contributed by atoms with E-state index in [1.54, 1.807) is 12.1 Å². The normalized spacial score (nSPS) is 15.3. The molecule has 1 aromatic rings. The van der Waals surface area contributed by atoms with Crippen molar-refractivity contribution in [3.8, 4) is 5.75 Å². The fourth-order valence-corrected chi connectivity index (χ4v) is 2.25. The predicted octanol–water partition coefficient (Wildman–Crippen LogP) is 3.00. The van der Waals surface area contributed by atoms with E-state index in [2.05, 4.69) is 0 Å². The van der Waals surface area contributed by atoms with Gasteiger partial charge in [-0.3, -0.25) is 4.79 Å². The fraction of sp³-hybridized carbons (Fsp3) is 0.533. The molecule has 1 amide bonds. The van der Waals surface area contributed by atoms with Crippen LogP contribution in [-0.4, -0.2) is 30.5 Å². The number of rotatable bonds is 5. The summed E-state index contributed by atoms with van der Waals surface area (Å²) in [6, 6.07) is 5.94. The van der Waals surface area contributed by atoms with Crippen LogP contribution in [0.4, 0.5) is 4.39 Å². The lowest BCUT2D eigenvalue weighted by Crippen LogP contribution is -2.35. The van der Waals surface area contributed by atoms with E-state index in [1.807, 2.05) is 4.90 Å². The van der Waals surface area contributed by atoms with Crippen molar-refractivity contribution in [3.05, 3.63) is 30.1 Å². The zero-order chi connectivity index (χ0) is 13.5. The number of carbonyl (C=O) groups is 1. The van der Waals surface area contributed by atoms with Crippen LogP contribution in [0.5, 0.6) is 5.75 Å². The Labute approximate surface area is 113 Å². The van der Waals surface area contributed by atoms with Crippen molar-refractivity contribution < 1.29 is 13.9 Å². The molecule has 0 aromatic heterocycles. The number of carbonyl (C=O) groups excluding carboxylic acids is 1. The van der Waals surface area contributed by atoms with E-state index in [1.165, 1.54) is 18.6 Å². The third kappa shape index (κ3) is 4.54. The Balaban J connectivity index is 1.63. The lowest BCUT2D eigenvalue weighted by Gasteiger charge is -2.26. The van der Waals surface area contributed by atoms with Gasteiger partial charge in [0.05, 0.1) is 6.61 Å². The average Bonchev–Trinajstić information content (AvgIpc) is 2.46. The molecule has 4 heteroatoms. The highest BCUT2D eigenvalue weighted by atomic mass is 19.1. The van der Waals surface area contributed by atoms with Crippen molar-refractivity contribution in [2.75, 3.05) is 19.7 Å². The van der Waals surface area contributed by atoms with Crippen molar-refractivity contribution in [1.29, 1.82) is 0 Å². The number of likely N-dealkylation sites (tertiary alicyclic amines) is 1. The molecule has 104 valence electrons. The van der Waals surface area contributed by atoms with Crippen LogP contribution < -0.4 is 4.74 Å². The SMILES string of the molecule is O=C(CCCOc1ccc(F)cc1)N1CCCCC1. The van der Waals surface area contributed by atoms with E-state index in [0.717, 1.165) is 25.9 Å². The number of piperidine rings is 1. The Morgan fingerprint density at radius 2 is 1.84 bits per heavy atom. The van der Waals surface area contributed by atoms with Crippen LogP contribution in [0.15, 0.2) is 24.3 Å². The van der Waals surface area contributed by atoms with Crippen LogP contribution in [0.3, 0.4) is 0 Å². The van der Waals surface area contributed by atoms with E-state index < -0.39 is 0 Å². The second kappa shape index (κ2) is 7.12. The lowest BCUT2D eigenvalue weighted by atomic mass is 10.1. The van der Waals surface area contributed by atoms with Crippen molar-refractivity contribution in [2.24, 2.45) is 0 Å². The molecule has 0 unspecified atom stereocenters. The number of ether oxygens (including phenoxy) is 1. The van der Waals surface area contributed by atoms with Crippen molar-refractivity contribution >= 4 is 5.91 Å². The molecule has 1 aliphatic heterocycles. The molecule has 0 radical (unpaired) electrons. The standard InChI is InChI=1S/C15H20FNO2/c16-13-6-8-14(9-7-13)19-12-4-5-15(18)17-10-2-1-3-11-17/h6-9H,1-5,10-12H2. The molecule has 1 fully saturated rings. The first-order chi connectivity index (χ1) is 9.25. The van der Waals surface area contributed by atoms with E-state index in [-0.39, 0.29) is 11.7 Å². The second-order valence-electron chi connectivity index (χ2n) is 4.85. The molecule has 1 aliphatic rings. The summed E-state index contributed by atoms with van der Waals surface area (Å²) in [5, 5.41) is 0. The van der Waals surface area contributed by atoms with Crippen molar-refractivity contribution in [2.45, 2.75) is 32.1 Å². The van der Waals surface area contributed by atoms with Gasteiger partial charge in [0.2, 0.25) is 5.91 Å². The minimum Gasteiger partial charge on any atom is -0.494 e. The molecule has 1 saturated heterocycles. The van der Waals surface area contributed by atoms with Crippen molar-refractivity contribution in [3.63, 3.8) is 0 Å². The van der Waals surface area contributed by atoms with Gasteiger partial charge in [0.15, 0.2) is 0 Å². The van der Waals surface area contributed by atoms with E-state index in [9.17, 15) is 9.18 Å². The molecule has 1 heterocycles. The van der Waals surface area contributed by atoms with Gasteiger partial charge in [-0.05, 0) is 49.9 Å². The number of nitrogens with zero attached hydrogens (tertiary/aromatic N) is 1. The second-order valence-corrected chi connectivity index (χ2v) is 4.85. The molecule has 19 heavy (non-hydrogen) atoms. The number of amides is 1. The summed E-state index contributed by atoms with van der Waals surface area (Å²) in [5.74, 6) is 0.599. The molecule has 0 aliphatic carbocycles. The zero-order valence-corrected chi connectivity index (χ0v) is 11.1. The van der Waals surface area contributed by atoms with Gasteiger partial charge in [-0.1, -0.05) is 0 Å². The minimum atomic E-state index is -0.271. The predicted molar refractivity (Wildman–Crippen MR) is 71.6 cm³/mol. The summed E-state index contributed by atoms with van der Waals surface area (Å²) in [6.07, 6.45) is 4.71. The van der Waals surface area contributed by atoms with E-state index >= 15 is 0 Å². The minimum absolute atomic E-state index is 0.224. The summed E-state index contributed by atoms with van der Waals surface area (Å²) in [4.78, 5) is 13.8. The monoisotopic (exact) mass is 265 g/mol. The molecule has 0 saturated carbocycles. The third-order valence-corrected chi connectivity index (χ3v) is 3.33. The first-order valence-electron chi connectivity index (χ1n) is 6.92. The van der Waals surface area contributed by atoms with Gasteiger partial charge in [-0.2, -0.15) is 0 Å². The average molecular weight is 265 g/mol. The highest BCUT2D eigenvalue weighted by Crippen LogP contribution is 2.13. The molecule has 0 N–H and O–H groups in total. The lowest BCUT2D eigenvalue weighted by molar-refractivity contribution is -0.132. The Kier molecular flexibility index (Phi) is 5.19. The zero-order valence-electron chi connectivity index (χ0n) is 11.1. The van der Waals surface area contributed by atoms with Crippen LogP contribution >= 0.6 is 0 Å². The quantitative estimate of drug-likeness (QED) is 0.766. The number of benzene rings is 1. The number of hydrogen-bond acceptors (Lipinski definition) is 2. The van der Waals surface area contributed by atoms with Crippen molar-refractivity contribution in [1.82, 2.24) is 4.90 Å². The molecular weight excluding hydrogens is 245 g/mol. The van der Waals surface area contributed by atoms with E-state index in [0.29, 0.717) is 25.2 Å². The molecule has 0 atom stereocenters. The fourth-order valence-electron chi connectivity index (χ4n) is 2.25. The summed E-state index contributed by atoms with van der Waals surface area (Å²) in [6.45, 7) is 2.29. The maximum atomic E-state index is 12.7. The highest BCUT2D eigenvalue weighted by Gasteiger charge is 2.15. The summed E-state index contributed by atoms with van der Waals surface area (Å²) in [5.41, 5.74) is 0. The largest absolute Gasteiger partial charge is 0.494 e. The van der Waals surface area contributed by atoms with Gasteiger partial charge in [0.1, 0.15) is 11.6 Å². The van der Waals surface area contributed by atoms with Gasteiger partial charge in [0.25, 0.3) is 0 Å². The maximum Gasteiger partial charge on any atom is 0.222 e. The van der Waals surface area contributed by atoms with Crippen LogP contribution in [0, 0.1) is 5.82 Å².